The van der Waals surface area contributed by atoms with Crippen molar-refractivity contribution < 1.29 is 19.7 Å². The van der Waals surface area contributed by atoms with Crippen molar-refractivity contribution in [1.29, 1.82) is 0 Å². The Morgan fingerprint density at radius 1 is 1.33 bits per heavy atom. The summed E-state index contributed by atoms with van der Waals surface area (Å²) in [5.41, 5.74) is 0.599. The Morgan fingerprint density at radius 3 is 2.74 bits per heavy atom. The maximum Gasteiger partial charge on any atom is 0.319 e. The second-order valence-electron chi connectivity index (χ2n) is 7.44. The largest absolute Gasteiger partial charge is 0.394 e. The number of urea groups is 1. The van der Waals surface area contributed by atoms with Crippen LogP contribution in [0.5, 0.6) is 0 Å². The van der Waals surface area contributed by atoms with E-state index in [0.717, 1.165) is 25.9 Å². The molecule has 8 heteroatoms. The zero-order chi connectivity index (χ0) is 19.4. The van der Waals surface area contributed by atoms with Crippen LogP contribution < -0.4 is 10.6 Å². The molecule has 1 aromatic rings. The molecule has 0 bridgehead atoms. The minimum atomic E-state index is -0.772. The lowest BCUT2D eigenvalue weighted by atomic mass is 9.94. The Labute approximate surface area is 164 Å². The molecule has 0 radical (unpaired) electrons. The third-order valence-corrected chi connectivity index (χ3v) is 5.66. The number of piperidine rings is 1. The highest BCUT2D eigenvalue weighted by Crippen LogP contribution is 2.29. The van der Waals surface area contributed by atoms with Gasteiger partial charge >= 0.3 is 6.03 Å². The lowest BCUT2D eigenvalue weighted by molar-refractivity contribution is -0.0205. The standard InChI is InChI=1S/C19H28ClN3O4/c1-12-5-7-23(8-6-12)17-15(27-16(11-24)18(17)25)10-21-19(26)22-14-4-2-3-13(20)9-14/h2-4,9,12,15-18,24-25H,5-8,10-11H2,1H3,(H2,21,22,26)/t15-,16+,17+,18-/m1/s1. The fraction of sp³-hybridized carbons (Fsp3) is 0.632. The third kappa shape index (κ3) is 5.12. The van der Waals surface area contributed by atoms with E-state index in [2.05, 4.69) is 22.5 Å². The summed E-state index contributed by atoms with van der Waals surface area (Å²) >= 11 is 5.92. The maximum absolute atomic E-state index is 12.2. The van der Waals surface area contributed by atoms with Crippen LogP contribution in [0.25, 0.3) is 0 Å². The highest BCUT2D eigenvalue weighted by atomic mass is 35.5. The van der Waals surface area contributed by atoms with Crippen LogP contribution in [0.4, 0.5) is 10.5 Å². The van der Waals surface area contributed by atoms with Crippen molar-refractivity contribution >= 4 is 23.3 Å². The van der Waals surface area contributed by atoms with Crippen LogP contribution in [0.1, 0.15) is 19.8 Å². The van der Waals surface area contributed by atoms with E-state index >= 15 is 0 Å². The van der Waals surface area contributed by atoms with Crippen molar-refractivity contribution in [2.75, 3.05) is 31.6 Å². The van der Waals surface area contributed by atoms with Crippen molar-refractivity contribution in [3.63, 3.8) is 0 Å². The van der Waals surface area contributed by atoms with Gasteiger partial charge in [0.05, 0.1) is 18.8 Å². The lowest BCUT2D eigenvalue weighted by Gasteiger charge is -2.38. The van der Waals surface area contributed by atoms with Gasteiger partial charge in [-0.2, -0.15) is 0 Å². The summed E-state index contributed by atoms with van der Waals surface area (Å²) in [5.74, 6) is 0.675. The van der Waals surface area contributed by atoms with Crippen molar-refractivity contribution in [3.8, 4) is 0 Å². The molecule has 4 atom stereocenters. The second kappa shape index (κ2) is 9.21. The molecule has 3 rings (SSSR count). The molecule has 0 aliphatic carbocycles. The number of benzene rings is 1. The van der Waals surface area contributed by atoms with Crippen molar-refractivity contribution in [3.05, 3.63) is 29.3 Å². The minimum absolute atomic E-state index is 0.235. The average Bonchev–Trinajstić information content (AvgIpc) is 2.96. The smallest absolute Gasteiger partial charge is 0.319 e. The van der Waals surface area contributed by atoms with Gasteiger partial charge in [-0.1, -0.05) is 24.6 Å². The number of ether oxygens (including phenoxy) is 1. The van der Waals surface area contributed by atoms with Gasteiger partial charge in [-0.3, -0.25) is 4.90 Å². The first-order valence-corrected chi connectivity index (χ1v) is 9.84. The molecule has 7 nitrogen and oxygen atoms in total. The fourth-order valence-electron chi connectivity index (χ4n) is 3.86. The summed E-state index contributed by atoms with van der Waals surface area (Å²) in [6.07, 6.45) is 0.365. The molecule has 1 aromatic carbocycles. The maximum atomic E-state index is 12.2. The van der Waals surface area contributed by atoms with E-state index in [0.29, 0.717) is 16.6 Å². The van der Waals surface area contributed by atoms with Crippen molar-refractivity contribution in [2.45, 2.75) is 44.1 Å². The summed E-state index contributed by atoms with van der Waals surface area (Å²) in [5, 5.41) is 26.2. The number of rotatable bonds is 5. The predicted octanol–water partition coefficient (Wildman–Crippen LogP) is 1.68. The number of hydrogen-bond acceptors (Lipinski definition) is 5. The molecule has 2 fully saturated rings. The Morgan fingerprint density at radius 2 is 2.07 bits per heavy atom. The Kier molecular flexibility index (Phi) is 6.94. The molecule has 2 aliphatic rings. The Balaban J connectivity index is 1.58. The number of hydrogen-bond donors (Lipinski definition) is 4. The summed E-state index contributed by atoms with van der Waals surface area (Å²) in [6, 6.07) is 6.30. The van der Waals surface area contributed by atoms with Gasteiger partial charge in [0.1, 0.15) is 12.2 Å². The molecule has 2 heterocycles. The van der Waals surface area contributed by atoms with Crippen molar-refractivity contribution in [1.82, 2.24) is 10.2 Å². The van der Waals surface area contributed by atoms with Crippen LogP contribution >= 0.6 is 11.6 Å². The summed E-state index contributed by atoms with van der Waals surface area (Å²) in [7, 11) is 0. The molecule has 2 aliphatic heterocycles. The van der Waals surface area contributed by atoms with Gasteiger partial charge in [0, 0.05) is 17.3 Å². The number of likely N-dealkylation sites (tertiary alicyclic amines) is 1. The zero-order valence-corrected chi connectivity index (χ0v) is 16.2. The van der Waals surface area contributed by atoms with E-state index in [1.165, 1.54) is 0 Å². The molecule has 2 amide bonds. The highest BCUT2D eigenvalue weighted by Gasteiger charge is 2.46. The highest BCUT2D eigenvalue weighted by molar-refractivity contribution is 6.30. The van der Waals surface area contributed by atoms with Gasteiger partial charge in [-0.25, -0.2) is 4.79 Å². The second-order valence-corrected chi connectivity index (χ2v) is 7.88. The third-order valence-electron chi connectivity index (χ3n) is 5.43. The molecule has 27 heavy (non-hydrogen) atoms. The van der Waals surface area contributed by atoms with E-state index in [4.69, 9.17) is 16.3 Å². The topological polar surface area (TPSA) is 94.1 Å². The van der Waals surface area contributed by atoms with Gasteiger partial charge in [0.25, 0.3) is 0 Å². The SMILES string of the molecule is CC1CCN([C@@H]2[C@H](O)[C@H](CO)O[C@@H]2CNC(=O)Nc2cccc(Cl)c2)CC1. The molecular formula is C19H28ClN3O4. The van der Waals surface area contributed by atoms with Crippen LogP contribution in [-0.4, -0.2) is 71.7 Å². The summed E-state index contributed by atoms with van der Waals surface area (Å²) in [6.45, 7) is 4.00. The van der Waals surface area contributed by atoms with Crippen LogP contribution in [-0.2, 0) is 4.74 Å². The van der Waals surface area contributed by atoms with Gasteiger partial charge in [-0.15, -0.1) is 0 Å². The molecule has 2 saturated heterocycles. The number of amides is 2. The Bertz CT molecular complexity index is 639. The van der Waals surface area contributed by atoms with Crippen LogP contribution in [0.3, 0.4) is 0 Å². The number of halogens is 1. The average molecular weight is 398 g/mol. The molecule has 0 unspecified atom stereocenters. The van der Waals surface area contributed by atoms with Gasteiger partial charge in [0.2, 0.25) is 0 Å². The van der Waals surface area contributed by atoms with Gasteiger partial charge in [-0.05, 0) is 50.0 Å². The molecular weight excluding hydrogens is 370 g/mol. The first-order chi connectivity index (χ1) is 13.0. The first kappa shape index (κ1) is 20.4. The molecule has 150 valence electrons. The Hall–Kier alpha value is -1.38. The number of anilines is 1. The summed E-state index contributed by atoms with van der Waals surface area (Å²) < 4.78 is 5.83. The quantitative estimate of drug-likeness (QED) is 0.606. The van der Waals surface area contributed by atoms with E-state index in [-0.39, 0.29) is 31.3 Å². The number of aliphatic hydroxyl groups is 2. The number of carbonyl (C=O) groups excluding carboxylic acids is 1. The lowest BCUT2D eigenvalue weighted by Crippen LogP contribution is -2.53. The van der Waals surface area contributed by atoms with Crippen molar-refractivity contribution in [2.24, 2.45) is 5.92 Å². The molecule has 0 aromatic heterocycles. The van der Waals surface area contributed by atoms with Crippen LogP contribution in [0.15, 0.2) is 24.3 Å². The van der Waals surface area contributed by atoms with E-state index in [9.17, 15) is 15.0 Å². The number of aliphatic hydroxyl groups excluding tert-OH is 2. The number of nitrogens with zero attached hydrogens (tertiary/aromatic N) is 1. The molecule has 0 spiro atoms. The minimum Gasteiger partial charge on any atom is -0.394 e. The molecule has 4 N–H and O–H groups in total. The van der Waals surface area contributed by atoms with E-state index < -0.39 is 12.2 Å². The zero-order valence-electron chi connectivity index (χ0n) is 15.5. The van der Waals surface area contributed by atoms with Gasteiger partial charge in [0.15, 0.2) is 0 Å². The van der Waals surface area contributed by atoms with Crippen LogP contribution in [0.2, 0.25) is 5.02 Å². The normalized spacial score (nSPS) is 29.6. The van der Waals surface area contributed by atoms with Crippen LogP contribution in [0, 0.1) is 5.92 Å². The monoisotopic (exact) mass is 397 g/mol. The number of nitrogens with one attached hydrogen (secondary N) is 2. The fourth-order valence-corrected chi connectivity index (χ4v) is 4.05. The van der Waals surface area contributed by atoms with E-state index in [1.54, 1.807) is 24.3 Å². The molecule has 0 saturated carbocycles. The first-order valence-electron chi connectivity index (χ1n) is 9.46. The van der Waals surface area contributed by atoms with E-state index in [1.807, 2.05) is 0 Å². The van der Waals surface area contributed by atoms with Gasteiger partial charge < -0.3 is 25.6 Å². The predicted molar refractivity (Wildman–Crippen MR) is 104 cm³/mol. The number of carbonyl (C=O) groups is 1. The summed E-state index contributed by atoms with van der Waals surface area (Å²) in [4.78, 5) is 14.4.